The minimum absolute atomic E-state index is 0.0810. The largest absolute Gasteiger partial charge is 0.456 e. The Labute approximate surface area is 148 Å². The number of pyridine rings is 1. The van der Waals surface area contributed by atoms with Crippen molar-refractivity contribution in [3.63, 3.8) is 0 Å². The van der Waals surface area contributed by atoms with Gasteiger partial charge in [-0.1, -0.05) is 24.3 Å². The van der Waals surface area contributed by atoms with Crippen LogP contribution in [0.15, 0.2) is 71.4 Å². The molecule has 2 aromatic heterocycles. The van der Waals surface area contributed by atoms with E-state index in [0.717, 1.165) is 21.9 Å². The van der Waals surface area contributed by atoms with Gasteiger partial charge in [-0.15, -0.1) is 0 Å². The van der Waals surface area contributed by atoms with Crippen LogP contribution in [-0.2, 0) is 9.59 Å². The number of carbonyl (C=O) groups is 2. The van der Waals surface area contributed by atoms with Crippen LogP contribution in [0.2, 0.25) is 0 Å². The van der Waals surface area contributed by atoms with Crippen LogP contribution in [0.5, 0.6) is 0 Å². The molecule has 2 aromatic carbocycles. The van der Waals surface area contributed by atoms with Crippen LogP contribution in [0.25, 0.3) is 21.9 Å². The average molecular weight is 342 g/mol. The van der Waals surface area contributed by atoms with Gasteiger partial charge in [-0.2, -0.15) is 0 Å². The van der Waals surface area contributed by atoms with Gasteiger partial charge in [0.15, 0.2) is 5.78 Å². The van der Waals surface area contributed by atoms with Gasteiger partial charge < -0.3 is 9.32 Å². The lowest BCUT2D eigenvalue weighted by Crippen LogP contribution is -2.26. The molecular formula is C21H14N2O3. The first kappa shape index (κ1) is 14.8. The number of anilines is 1. The van der Waals surface area contributed by atoms with Crippen molar-refractivity contribution in [3.8, 4) is 0 Å². The Hall–Kier alpha value is -3.47. The molecule has 1 aliphatic heterocycles. The zero-order valence-corrected chi connectivity index (χ0v) is 13.8. The molecule has 126 valence electrons. The van der Waals surface area contributed by atoms with Crippen LogP contribution in [0.4, 0.5) is 5.69 Å². The van der Waals surface area contributed by atoms with Crippen LogP contribution < -0.4 is 4.90 Å². The number of fused-ring (bicyclic) bond motifs is 3. The summed E-state index contributed by atoms with van der Waals surface area (Å²) in [5, 5.41) is 1.90. The van der Waals surface area contributed by atoms with E-state index in [1.807, 2.05) is 36.4 Å². The first-order chi connectivity index (χ1) is 12.7. The van der Waals surface area contributed by atoms with Gasteiger partial charge in [0, 0.05) is 28.9 Å². The second kappa shape index (κ2) is 5.52. The molecule has 26 heavy (non-hydrogen) atoms. The minimum atomic E-state index is -0.777. The maximum atomic E-state index is 12.9. The summed E-state index contributed by atoms with van der Waals surface area (Å²) in [6.07, 6.45) is 3.23. The van der Waals surface area contributed by atoms with E-state index in [-0.39, 0.29) is 18.2 Å². The quantitative estimate of drug-likeness (QED) is 0.521. The number of para-hydroxylation sites is 1. The van der Waals surface area contributed by atoms with E-state index in [1.165, 1.54) is 4.90 Å². The van der Waals surface area contributed by atoms with E-state index in [1.54, 1.807) is 30.6 Å². The second-order valence-corrected chi connectivity index (χ2v) is 6.38. The first-order valence-corrected chi connectivity index (χ1v) is 8.38. The van der Waals surface area contributed by atoms with E-state index < -0.39 is 5.92 Å². The highest BCUT2D eigenvalue weighted by Gasteiger charge is 2.41. The maximum absolute atomic E-state index is 12.9. The molecule has 0 N–H and O–H groups in total. The van der Waals surface area contributed by atoms with Crippen molar-refractivity contribution >= 4 is 39.3 Å². The molecular weight excluding hydrogens is 328 g/mol. The summed E-state index contributed by atoms with van der Waals surface area (Å²) in [7, 11) is 0. The molecule has 1 unspecified atom stereocenters. The van der Waals surface area contributed by atoms with E-state index in [4.69, 9.17) is 4.42 Å². The van der Waals surface area contributed by atoms with E-state index in [2.05, 4.69) is 4.98 Å². The Morgan fingerprint density at radius 3 is 2.54 bits per heavy atom. The molecule has 1 atom stereocenters. The number of ketones is 1. The molecule has 1 saturated heterocycles. The lowest BCUT2D eigenvalue weighted by atomic mass is 9.95. The third-order valence-electron chi connectivity index (χ3n) is 4.86. The molecule has 5 heteroatoms. The van der Waals surface area contributed by atoms with Crippen LogP contribution in [-0.4, -0.2) is 23.2 Å². The van der Waals surface area contributed by atoms with Crippen molar-refractivity contribution in [1.82, 2.24) is 4.98 Å². The average Bonchev–Trinajstić information content (AvgIpc) is 3.19. The van der Waals surface area contributed by atoms with E-state index in [0.29, 0.717) is 11.3 Å². The number of carbonyl (C=O) groups excluding carboxylic acids is 2. The number of hydrogen-bond acceptors (Lipinski definition) is 4. The van der Waals surface area contributed by atoms with Crippen molar-refractivity contribution in [3.05, 3.63) is 72.6 Å². The first-order valence-electron chi connectivity index (χ1n) is 8.38. The topological polar surface area (TPSA) is 63.4 Å². The molecule has 1 fully saturated rings. The van der Waals surface area contributed by atoms with Gasteiger partial charge in [-0.25, -0.2) is 0 Å². The Bertz CT molecular complexity index is 1160. The van der Waals surface area contributed by atoms with Gasteiger partial charge in [-0.3, -0.25) is 14.6 Å². The highest BCUT2D eigenvalue weighted by Crippen LogP contribution is 2.34. The SMILES string of the molecule is O=C1CN(c2ccncc2)C(=O)C1c1ccc2oc3ccccc3c2c1. The number of aromatic nitrogens is 1. The van der Waals surface area contributed by atoms with Crippen LogP contribution in [0.3, 0.4) is 0 Å². The molecule has 3 heterocycles. The van der Waals surface area contributed by atoms with Crippen LogP contribution in [0, 0.1) is 0 Å². The molecule has 0 spiro atoms. The zero-order valence-electron chi connectivity index (χ0n) is 13.8. The number of Topliss-reactive ketones (excluding diaryl/α,β-unsaturated/α-hetero) is 1. The third kappa shape index (κ3) is 2.14. The summed E-state index contributed by atoms with van der Waals surface area (Å²) in [4.78, 5) is 31.0. The Balaban J connectivity index is 1.60. The standard InChI is InChI=1S/C21H14N2O3/c24-17-12-23(14-7-9-22-10-8-14)21(25)20(17)13-5-6-19-16(11-13)15-3-1-2-4-18(15)26-19/h1-11,20H,12H2. The highest BCUT2D eigenvalue weighted by atomic mass is 16.3. The zero-order chi connectivity index (χ0) is 17.7. The number of furan rings is 1. The minimum Gasteiger partial charge on any atom is -0.456 e. The summed E-state index contributed by atoms with van der Waals surface area (Å²) < 4.78 is 5.83. The molecule has 5 nitrogen and oxygen atoms in total. The summed E-state index contributed by atoms with van der Waals surface area (Å²) in [5.41, 5.74) is 2.94. The fourth-order valence-electron chi connectivity index (χ4n) is 3.61. The molecule has 0 saturated carbocycles. The summed E-state index contributed by atoms with van der Waals surface area (Å²) in [5.74, 6) is -1.08. The Kier molecular flexibility index (Phi) is 3.15. The van der Waals surface area contributed by atoms with Gasteiger partial charge in [-0.05, 0) is 35.9 Å². The smallest absolute Gasteiger partial charge is 0.242 e. The van der Waals surface area contributed by atoms with Gasteiger partial charge in [0.2, 0.25) is 5.91 Å². The van der Waals surface area contributed by atoms with Gasteiger partial charge in [0.05, 0.1) is 6.54 Å². The number of nitrogens with zero attached hydrogens (tertiary/aromatic N) is 2. The van der Waals surface area contributed by atoms with Gasteiger partial charge in [0.25, 0.3) is 0 Å². The highest BCUT2D eigenvalue weighted by molar-refractivity contribution is 6.21. The lowest BCUT2D eigenvalue weighted by Gasteiger charge is -2.15. The van der Waals surface area contributed by atoms with E-state index in [9.17, 15) is 9.59 Å². The van der Waals surface area contributed by atoms with Crippen molar-refractivity contribution in [1.29, 1.82) is 0 Å². The Morgan fingerprint density at radius 1 is 0.923 bits per heavy atom. The molecule has 1 aliphatic rings. The van der Waals surface area contributed by atoms with Crippen molar-refractivity contribution < 1.29 is 14.0 Å². The summed E-state index contributed by atoms with van der Waals surface area (Å²) in [6, 6.07) is 16.8. The molecule has 5 rings (SSSR count). The fourth-order valence-corrected chi connectivity index (χ4v) is 3.61. The maximum Gasteiger partial charge on any atom is 0.242 e. The number of hydrogen-bond donors (Lipinski definition) is 0. The van der Waals surface area contributed by atoms with Crippen molar-refractivity contribution in [2.24, 2.45) is 0 Å². The number of amides is 1. The van der Waals surface area contributed by atoms with Crippen molar-refractivity contribution in [2.45, 2.75) is 5.92 Å². The van der Waals surface area contributed by atoms with Crippen LogP contribution >= 0.6 is 0 Å². The molecule has 1 amide bonds. The predicted molar refractivity (Wildman–Crippen MR) is 98.1 cm³/mol. The molecule has 0 bridgehead atoms. The normalized spacial score (nSPS) is 17.5. The van der Waals surface area contributed by atoms with Gasteiger partial charge in [0.1, 0.15) is 17.1 Å². The third-order valence-corrected chi connectivity index (χ3v) is 4.86. The van der Waals surface area contributed by atoms with Crippen molar-refractivity contribution in [2.75, 3.05) is 11.4 Å². The number of rotatable bonds is 2. The monoisotopic (exact) mass is 342 g/mol. The summed E-state index contributed by atoms with van der Waals surface area (Å²) >= 11 is 0. The predicted octanol–water partition coefficient (Wildman–Crippen LogP) is 3.68. The molecule has 0 radical (unpaired) electrons. The second-order valence-electron chi connectivity index (χ2n) is 6.38. The summed E-state index contributed by atoms with van der Waals surface area (Å²) in [6.45, 7) is 0.0810. The molecule has 0 aliphatic carbocycles. The van der Waals surface area contributed by atoms with Crippen LogP contribution in [0.1, 0.15) is 11.5 Å². The Morgan fingerprint density at radius 2 is 1.69 bits per heavy atom. The van der Waals surface area contributed by atoms with Gasteiger partial charge >= 0.3 is 0 Å². The number of benzene rings is 2. The lowest BCUT2D eigenvalue weighted by molar-refractivity contribution is -0.123. The van der Waals surface area contributed by atoms with E-state index >= 15 is 0 Å². The molecule has 4 aromatic rings. The fraction of sp³-hybridized carbons (Fsp3) is 0.0952.